The topological polar surface area (TPSA) is 117 Å². The molecule has 0 unspecified atom stereocenters. The van der Waals surface area contributed by atoms with E-state index in [1.807, 2.05) is 38.1 Å². The van der Waals surface area contributed by atoms with Gasteiger partial charge in [-0.05, 0) is 55.3 Å². The van der Waals surface area contributed by atoms with Gasteiger partial charge >= 0.3 is 5.97 Å². The Bertz CT molecular complexity index is 1180. The van der Waals surface area contributed by atoms with E-state index in [2.05, 4.69) is 0 Å². The third kappa shape index (κ3) is 6.20. The predicted molar refractivity (Wildman–Crippen MR) is 125 cm³/mol. The minimum atomic E-state index is -3.78. The molecule has 9 nitrogen and oxygen atoms in total. The van der Waals surface area contributed by atoms with Crippen molar-refractivity contribution < 1.29 is 27.5 Å². The highest BCUT2D eigenvalue weighted by molar-refractivity contribution is 7.89. The number of rotatable bonds is 8. The number of carbonyl (C=O) groups excluding carboxylic acids is 2. The van der Waals surface area contributed by atoms with E-state index in [9.17, 15) is 18.0 Å². The Morgan fingerprint density at radius 1 is 1.12 bits per heavy atom. The first-order valence-corrected chi connectivity index (χ1v) is 12.3. The molecule has 0 radical (unpaired) electrons. The minimum absolute atomic E-state index is 0.0251. The van der Waals surface area contributed by atoms with Crippen LogP contribution in [-0.2, 0) is 24.3 Å². The van der Waals surface area contributed by atoms with Crippen LogP contribution in [0.4, 0.5) is 5.69 Å². The Morgan fingerprint density at radius 2 is 1.79 bits per heavy atom. The van der Waals surface area contributed by atoms with Gasteiger partial charge in [0.15, 0.2) is 6.61 Å². The van der Waals surface area contributed by atoms with Crippen LogP contribution in [-0.4, -0.2) is 64.1 Å². The molecule has 0 spiro atoms. The van der Waals surface area contributed by atoms with Gasteiger partial charge < -0.3 is 14.4 Å². The molecule has 0 aromatic heterocycles. The molecule has 2 aromatic carbocycles. The van der Waals surface area contributed by atoms with Gasteiger partial charge in [0, 0.05) is 25.3 Å². The Kier molecular flexibility index (Phi) is 8.39. The molecule has 1 aliphatic rings. The van der Waals surface area contributed by atoms with Gasteiger partial charge in [-0.1, -0.05) is 12.1 Å². The fourth-order valence-corrected chi connectivity index (χ4v) is 5.13. The number of ether oxygens (including phenoxy) is 2. The van der Waals surface area contributed by atoms with Gasteiger partial charge in [-0.25, -0.2) is 13.2 Å². The molecule has 180 valence electrons. The average molecular weight is 486 g/mol. The number of nitrogens with zero attached hydrogens (tertiary/aromatic N) is 3. The first-order valence-electron chi connectivity index (χ1n) is 10.8. The van der Waals surface area contributed by atoms with Crippen molar-refractivity contribution in [2.24, 2.45) is 0 Å². The SMILES string of the molecule is Cc1cc(C)cc(N(CCC#N)C(=O)COC(=O)c2cccc(S(=O)(=O)N3CCOCC3)c2)c1. The fourth-order valence-electron chi connectivity index (χ4n) is 3.67. The predicted octanol–water partition coefficient (Wildman–Crippen LogP) is 2.43. The van der Waals surface area contributed by atoms with Crippen molar-refractivity contribution in [2.45, 2.75) is 25.2 Å². The van der Waals surface area contributed by atoms with Crippen LogP contribution in [0.5, 0.6) is 0 Å². The number of morpholine rings is 1. The van der Waals surface area contributed by atoms with Crippen molar-refractivity contribution in [3.05, 3.63) is 59.2 Å². The number of nitriles is 1. The maximum Gasteiger partial charge on any atom is 0.338 e. The molecule has 2 aromatic rings. The summed E-state index contributed by atoms with van der Waals surface area (Å²) >= 11 is 0. The zero-order valence-electron chi connectivity index (χ0n) is 19.2. The van der Waals surface area contributed by atoms with Crippen LogP contribution in [0, 0.1) is 25.2 Å². The van der Waals surface area contributed by atoms with E-state index in [-0.39, 0.29) is 36.5 Å². The van der Waals surface area contributed by atoms with Crippen LogP contribution < -0.4 is 4.90 Å². The second kappa shape index (κ2) is 11.2. The summed E-state index contributed by atoms with van der Waals surface area (Å²) in [6, 6.07) is 13.2. The number of carbonyl (C=O) groups is 2. The number of anilines is 1. The molecule has 0 atom stereocenters. The van der Waals surface area contributed by atoms with E-state index in [1.165, 1.54) is 33.5 Å². The maximum atomic E-state index is 12.9. The smallest absolute Gasteiger partial charge is 0.338 e. The summed E-state index contributed by atoms with van der Waals surface area (Å²) in [6.45, 7) is 4.52. The average Bonchev–Trinajstić information content (AvgIpc) is 2.83. The Labute approximate surface area is 199 Å². The third-order valence-electron chi connectivity index (χ3n) is 5.27. The highest BCUT2D eigenvalue weighted by Gasteiger charge is 2.27. The number of esters is 1. The molecule has 1 fully saturated rings. The molecule has 34 heavy (non-hydrogen) atoms. The van der Waals surface area contributed by atoms with E-state index in [0.717, 1.165) is 11.1 Å². The summed E-state index contributed by atoms with van der Waals surface area (Å²) in [4.78, 5) is 26.9. The summed E-state index contributed by atoms with van der Waals surface area (Å²) in [5.41, 5.74) is 2.56. The van der Waals surface area contributed by atoms with E-state index >= 15 is 0 Å². The van der Waals surface area contributed by atoms with Gasteiger partial charge in [0.1, 0.15) is 0 Å². The second-order valence-corrected chi connectivity index (χ2v) is 9.86. The summed E-state index contributed by atoms with van der Waals surface area (Å²) in [7, 11) is -3.78. The number of hydrogen-bond donors (Lipinski definition) is 0. The molecule has 1 aliphatic heterocycles. The first kappa shape index (κ1) is 25.4. The number of hydrogen-bond acceptors (Lipinski definition) is 7. The molecule has 1 saturated heterocycles. The lowest BCUT2D eigenvalue weighted by Gasteiger charge is -2.26. The van der Waals surface area contributed by atoms with E-state index in [1.54, 1.807) is 0 Å². The van der Waals surface area contributed by atoms with Gasteiger partial charge in [-0.3, -0.25) is 4.79 Å². The van der Waals surface area contributed by atoms with E-state index in [4.69, 9.17) is 14.7 Å². The number of amides is 1. The van der Waals surface area contributed by atoms with Crippen molar-refractivity contribution in [1.82, 2.24) is 4.31 Å². The molecule has 10 heteroatoms. The van der Waals surface area contributed by atoms with Gasteiger partial charge in [0.05, 0.1) is 36.2 Å². The molecule has 1 amide bonds. The molecular weight excluding hydrogens is 458 g/mol. The molecule has 1 heterocycles. The largest absolute Gasteiger partial charge is 0.452 e. The second-order valence-electron chi connectivity index (χ2n) is 7.92. The zero-order chi connectivity index (χ0) is 24.7. The summed E-state index contributed by atoms with van der Waals surface area (Å²) < 4.78 is 37.4. The Balaban J connectivity index is 1.72. The van der Waals surface area contributed by atoms with Crippen molar-refractivity contribution >= 4 is 27.6 Å². The summed E-state index contributed by atoms with van der Waals surface area (Å²) in [5.74, 6) is -1.29. The quantitative estimate of drug-likeness (QED) is 0.527. The number of benzene rings is 2. The lowest BCUT2D eigenvalue weighted by Crippen LogP contribution is -2.40. The van der Waals surface area contributed by atoms with Crippen molar-refractivity contribution in [2.75, 3.05) is 44.4 Å². The van der Waals surface area contributed by atoms with Crippen LogP contribution >= 0.6 is 0 Å². The van der Waals surface area contributed by atoms with Gasteiger partial charge in [0.2, 0.25) is 10.0 Å². The Hall–Kier alpha value is -3.26. The van der Waals surface area contributed by atoms with Crippen molar-refractivity contribution in [3.8, 4) is 6.07 Å². The standard InChI is InChI=1S/C24H27N3O6S/c1-18-13-19(2)15-21(14-18)27(8-4-7-25)23(28)17-33-24(29)20-5-3-6-22(16-20)34(30,31)26-9-11-32-12-10-26/h3,5-6,13-16H,4,8-12,17H2,1-2H3. The monoisotopic (exact) mass is 485 g/mol. The van der Waals surface area contributed by atoms with Gasteiger partial charge in [-0.2, -0.15) is 9.57 Å². The highest BCUT2D eigenvalue weighted by atomic mass is 32.2. The summed E-state index contributed by atoms with van der Waals surface area (Å²) in [6.07, 6.45) is 0.119. The van der Waals surface area contributed by atoms with Crippen LogP contribution in [0.3, 0.4) is 0 Å². The summed E-state index contributed by atoms with van der Waals surface area (Å²) in [5, 5.41) is 8.97. The molecule has 0 bridgehead atoms. The molecular formula is C24H27N3O6S. The lowest BCUT2D eigenvalue weighted by molar-refractivity contribution is -0.121. The van der Waals surface area contributed by atoms with Crippen molar-refractivity contribution in [3.63, 3.8) is 0 Å². The molecule has 0 N–H and O–H groups in total. The van der Waals surface area contributed by atoms with Crippen LogP contribution in [0.1, 0.15) is 27.9 Å². The highest BCUT2D eigenvalue weighted by Crippen LogP contribution is 2.21. The third-order valence-corrected chi connectivity index (χ3v) is 7.17. The van der Waals surface area contributed by atoms with Crippen LogP contribution in [0.2, 0.25) is 0 Å². The number of aryl methyl sites for hydroxylation is 2. The van der Waals surface area contributed by atoms with E-state index in [0.29, 0.717) is 18.9 Å². The lowest BCUT2D eigenvalue weighted by atomic mass is 10.1. The maximum absolute atomic E-state index is 12.9. The molecule has 3 rings (SSSR count). The normalized spacial score (nSPS) is 14.3. The van der Waals surface area contributed by atoms with Gasteiger partial charge in [0.25, 0.3) is 5.91 Å². The van der Waals surface area contributed by atoms with Crippen LogP contribution in [0.15, 0.2) is 47.4 Å². The van der Waals surface area contributed by atoms with E-state index < -0.39 is 28.5 Å². The Morgan fingerprint density at radius 3 is 2.44 bits per heavy atom. The van der Waals surface area contributed by atoms with Gasteiger partial charge in [-0.15, -0.1) is 0 Å². The van der Waals surface area contributed by atoms with Crippen molar-refractivity contribution in [1.29, 1.82) is 5.26 Å². The fraction of sp³-hybridized carbons (Fsp3) is 0.375. The first-order chi connectivity index (χ1) is 16.2. The minimum Gasteiger partial charge on any atom is -0.452 e. The zero-order valence-corrected chi connectivity index (χ0v) is 20.0. The van der Waals surface area contributed by atoms with Crippen LogP contribution in [0.25, 0.3) is 0 Å². The number of sulfonamides is 1. The molecule has 0 saturated carbocycles. The molecule has 0 aliphatic carbocycles.